The molecule has 122 valence electrons. The van der Waals surface area contributed by atoms with Gasteiger partial charge in [-0.1, -0.05) is 13.8 Å². The summed E-state index contributed by atoms with van der Waals surface area (Å²) in [4.78, 5) is 23.7. The Hall–Kier alpha value is -1.30. The lowest BCUT2D eigenvalue weighted by molar-refractivity contribution is -0.164. The van der Waals surface area contributed by atoms with E-state index in [-0.39, 0.29) is 0 Å². The SMILES string of the molecule is COC(=O)C(O)C(C)(C)C1(NC(=O)OC(C)(C)C)CCC1. The number of carbonyl (C=O) groups excluding carboxylic acids is 2. The molecule has 0 saturated heterocycles. The molecule has 6 heteroatoms. The monoisotopic (exact) mass is 301 g/mol. The predicted octanol–water partition coefficient (Wildman–Crippen LogP) is 1.99. The molecule has 0 aromatic carbocycles. The van der Waals surface area contributed by atoms with Gasteiger partial charge in [0.05, 0.1) is 12.6 Å². The molecule has 1 aliphatic carbocycles. The van der Waals surface area contributed by atoms with Crippen molar-refractivity contribution in [1.29, 1.82) is 0 Å². The number of hydrogen-bond donors (Lipinski definition) is 2. The summed E-state index contributed by atoms with van der Waals surface area (Å²) in [7, 11) is 1.23. The number of rotatable bonds is 4. The fraction of sp³-hybridized carbons (Fsp3) is 0.867. The van der Waals surface area contributed by atoms with Gasteiger partial charge in [0.15, 0.2) is 6.10 Å². The first kappa shape index (κ1) is 17.8. The zero-order valence-corrected chi connectivity index (χ0v) is 13.8. The second kappa shape index (κ2) is 5.83. The molecule has 0 radical (unpaired) electrons. The van der Waals surface area contributed by atoms with Gasteiger partial charge in [0.25, 0.3) is 0 Å². The molecular weight excluding hydrogens is 274 g/mol. The number of hydrogen-bond acceptors (Lipinski definition) is 5. The Morgan fingerprint density at radius 2 is 1.71 bits per heavy atom. The molecule has 0 bridgehead atoms. The van der Waals surface area contributed by atoms with Crippen LogP contribution in [-0.4, -0.2) is 41.5 Å². The van der Waals surface area contributed by atoms with Crippen LogP contribution in [0.2, 0.25) is 0 Å². The van der Waals surface area contributed by atoms with Crippen LogP contribution in [0.1, 0.15) is 53.9 Å². The molecule has 0 spiro atoms. The van der Waals surface area contributed by atoms with E-state index < -0.39 is 34.7 Å². The van der Waals surface area contributed by atoms with Gasteiger partial charge in [0, 0.05) is 5.41 Å². The fourth-order valence-electron chi connectivity index (χ4n) is 2.63. The van der Waals surface area contributed by atoms with E-state index in [4.69, 9.17) is 4.74 Å². The van der Waals surface area contributed by atoms with E-state index in [0.717, 1.165) is 6.42 Å². The van der Waals surface area contributed by atoms with Gasteiger partial charge in [-0.3, -0.25) is 0 Å². The van der Waals surface area contributed by atoms with Crippen LogP contribution in [0.15, 0.2) is 0 Å². The van der Waals surface area contributed by atoms with Gasteiger partial charge in [0.1, 0.15) is 5.60 Å². The lowest BCUT2D eigenvalue weighted by Gasteiger charge is -2.54. The summed E-state index contributed by atoms with van der Waals surface area (Å²) in [6.07, 6.45) is 0.457. The summed E-state index contributed by atoms with van der Waals surface area (Å²) in [6.45, 7) is 8.87. The van der Waals surface area contributed by atoms with Gasteiger partial charge >= 0.3 is 12.1 Å². The standard InChI is InChI=1S/C15H27NO5/c1-13(2,3)21-12(19)16-15(8-7-9-15)14(4,5)10(17)11(18)20-6/h10,17H,7-9H2,1-6H3,(H,16,19). The molecule has 0 heterocycles. The average molecular weight is 301 g/mol. The smallest absolute Gasteiger partial charge is 0.408 e. The quantitative estimate of drug-likeness (QED) is 0.776. The molecule has 1 aliphatic rings. The second-order valence-electron chi connectivity index (χ2n) is 7.21. The van der Waals surface area contributed by atoms with Gasteiger partial charge < -0.3 is 19.9 Å². The van der Waals surface area contributed by atoms with Crippen LogP contribution in [0.3, 0.4) is 0 Å². The van der Waals surface area contributed by atoms with Crippen molar-refractivity contribution in [2.45, 2.75) is 71.1 Å². The van der Waals surface area contributed by atoms with Crippen LogP contribution in [0.4, 0.5) is 4.79 Å². The molecule has 2 N–H and O–H groups in total. The molecule has 1 amide bonds. The lowest BCUT2D eigenvalue weighted by atomic mass is 9.58. The normalized spacial score (nSPS) is 19.2. The van der Waals surface area contributed by atoms with E-state index in [0.29, 0.717) is 12.8 Å². The molecule has 0 aliphatic heterocycles. The Balaban J connectivity index is 2.89. The Labute approximate surface area is 126 Å². The minimum atomic E-state index is -1.31. The molecule has 21 heavy (non-hydrogen) atoms. The third-order valence-electron chi connectivity index (χ3n) is 4.29. The molecule has 6 nitrogen and oxygen atoms in total. The van der Waals surface area contributed by atoms with Gasteiger partial charge in [0.2, 0.25) is 0 Å². The molecule has 0 aromatic heterocycles. The van der Waals surface area contributed by atoms with E-state index in [1.54, 1.807) is 34.6 Å². The second-order valence-corrected chi connectivity index (χ2v) is 7.21. The van der Waals surface area contributed by atoms with E-state index in [1.165, 1.54) is 7.11 Å². The van der Waals surface area contributed by atoms with Gasteiger partial charge in [-0.2, -0.15) is 0 Å². The molecule has 1 fully saturated rings. The first-order chi connectivity index (χ1) is 9.45. The number of amides is 1. The van der Waals surface area contributed by atoms with Crippen molar-refractivity contribution in [3.8, 4) is 0 Å². The third-order valence-corrected chi connectivity index (χ3v) is 4.29. The first-order valence-corrected chi connectivity index (χ1v) is 7.22. The van der Waals surface area contributed by atoms with Crippen LogP contribution in [0.25, 0.3) is 0 Å². The van der Waals surface area contributed by atoms with E-state index in [9.17, 15) is 14.7 Å². The zero-order valence-electron chi connectivity index (χ0n) is 13.8. The molecular formula is C15H27NO5. The number of carbonyl (C=O) groups is 2. The predicted molar refractivity (Wildman–Crippen MR) is 77.8 cm³/mol. The number of alkyl carbamates (subject to hydrolysis) is 1. The maximum atomic E-state index is 12.0. The Kier molecular flexibility index (Phi) is 4.93. The third kappa shape index (κ3) is 3.67. The van der Waals surface area contributed by atoms with Gasteiger partial charge in [-0.15, -0.1) is 0 Å². The molecule has 1 atom stereocenters. The Bertz CT molecular complexity index is 407. The number of esters is 1. The van der Waals surface area contributed by atoms with Crippen LogP contribution in [0.5, 0.6) is 0 Å². The van der Waals surface area contributed by atoms with Crippen molar-refractivity contribution < 1.29 is 24.2 Å². The number of methoxy groups -OCH3 is 1. The number of ether oxygens (including phenoxy) is 2. The van der Waals surface area contributed by atoms with Crippen molar-refractivity contribution in [1.82, 2.24) is 5.32 Å². The Morgan fingerprint density at radius 3 is 2.05 bits per heavy atom. The highest BCUT2D eigenvalue weighted by atomic mass is 16.6. The summed E-state index contributed by atoms with van der Waals surface area (Å²) >= 11 is 0. The topological polar surface area (TPSA) is 84.9 Å². The highest BCUT2D eigenvalue weighted by Crippen LogP contribution is 2.48. The fourth-order valence-corrected chi connectivity index (χ4v) is 2.63. The first-order valence-electron chi connectivity index (χ1n) is 7.22. The summed E-state index contributed by atoms with van der Waals surface area (Å²) in [5.74, 6) is -0.697. The molecule has 1 rings (SSSR count). The van der Waals surface area contributed by atoms with E-state index in [2.05, 4.69) is 10.1 Å². The summed E-state index contributed by atoms with van der Waals surface area (Å²) in [5.41, 5.74) is -2.11. The number of aliphatic hydroxyl groups excluding tert-OH is 1. The highest BCUT2D eigenvalue weighted by molar-refractivity contribution is 5.76. The summed E-state index contributed by atoms with van der Waals surface area (Å²) in [5, 5.41) is 13.1. The van der Waals surface area contributed by atoms with Gasteiger partial charge in [-0.25, -0.2) is 9.59 Å². The van der Waals surface area contributed by atoms with Gasteiger partial charge in [-0.05, 0) is 40.0 Å². The minimum Gasteiger partial charge on any atom is -0.467 e. The largest absolute Gasteiger partial charge is 0.467 e. The maximum Gasteiger partial charge on any atom is 0.408 e. The molecule has 1 unspecified atom stereocenters. The maximum absolute atomic E-state index is 12.0. The van der Waals surface area contributed by atoms with Crippen molar-refractivity contribution in [2.75, 3.05) is 7.11 Å². The highest BCUT2D eigenvalue weighted by Gasteiger charge is 2.56. The van der Waals surface area contributed by atoms with Crippen LogP contribution in [-0.2, 0) is 14.3 Å². The van der Waals surface area contributed by atoms with Crippen LogP contribution in [0, 0.1) is 5.41 Å². The molecule has 0 aromatic rings. The van der Waals surface area contributed by atoms with E-state index in [1.807, 2.05) is 0 Å². The van der Waals surface area contributed by atoms with Crippen molar-refractivity contribution >= 4 is 12.1 Å². The number of aliphatic hydroxyl groups is 1. The minimum absolute atomic E-state index is 0.535. The van der Waals surface area contributed by atoms with Crippen molar-refractivity contribution in [3.63, 3.8) is 0 Å². The summed E-state index contributed by atoms with van der Waals surface area (Å²) in [6, 6.07) is 0. The van der Waals surface area contributed by atoms with Crippen LogP contribution >= 0.6 is 0 Å². The summed E-state index contributed by atoms with van der Waals surface area (Å²) < 4.78 is 9.90. The Morgan fingerprint density at radius 1 is 1.19 bits per heavy atom. The zero-order chi connectivity index (χ0) is 16.5. The van der Waals surface area contributed by atoms with E-state index >= 15 is 0 Å². The van der Waals surface area contributed by atoms with Crippen LogP contribution < -0.4 is 5.32 Å². The number of nitrogens with one attached hydrogen (secondary N) is 1. The van der Waals surface area contributed by atoms with Crippen molar-refractivity contribution in [3.05, 3.63) is 0 Å². The molecule has 1 saturated carbocycles. The van der Waals surface area contributed by atoms with Crippen molar-refractivity contribution in [2.24, 2.45) is 5.41 Å². The lowest BCUT2D eigenvalue weighted by Crippen LogP contribution is -2.67. The average Bonchev–Trinajstić information content (AvgIpc) is 2.29.